The van der Waals surface area contributed by atoms with Crippen LogP contribution in [0.25, 0.3) is 16.8 Å². The third-order valence-corrected chi connectivity index (χ3v) is 6.39. The number of anilines is 1. The van der Waals surface area contributed by atoms with Crippen LogP contribution in [0.3, 0.4) is 0 Å². The summed E-state index contributed by atoms with van der Waals surface area (Å²) in [5.74, 6) is 1.47. The molecule has 0 aliphatic heterocycles. The molecule has 0 radical (unpaired) electrons. The van der Waals surface area contributed by atoms with E-state index in [9.17, 15) is 5.11 Å². The lowest BCUT2D eigenvalue weighted by atomic mass is 9.97. The maximum atomic E-state index is 9.69. The summed E-state index contributed by atoms with van der Waals surface area (Å²) in [6, 6.07) is 30.0. The van der Waals surface area contributed by atoms with Crippen LogP contribution in [-0.2, 0) is 13.2 Å². The summed E-state index contributed by atoms with van der Waals surface area (Å²) >= 11 is 0. The largest absolute Gasteiger partial charge is 0.487 e. The first-order valence-corrected chi connectivity index (χ1v) is 12.1. The van der Waals surface area contributed by atoms with Crippen molar-refractivity contribution in [3.05, 3.63) is 120 Å². The number of halogens is 1. The molecule has 2 aromatic heterocycles. The third-order valence-electron chi connectivity index (χ3n) is 6.39. The number of pyridine rings is 1. The fourth-order valence-corrected chi connectivity index (χ4v) is 4.36. The minimum Gasteiger partial charge on any atom is -0.487 e. The van der Waals surface area contributed by atoms with Gasteiger partial charge in [-0.3, -0.25) is 4.40 Å². The summed E-state index contributed by atoms with van der Waals surface area (Å²) in [6.45, 7) is 3.00. The molecule has 4 N–H and O–H groups in total. The van der Waals surface area contributed by atoms with Crippen LogP contribution in [0.5, 0.6) is 5.75 Å². The average Bonchev–Trinajstić information content (AvgIpc) is 3.29. The number of aliphatic hydroxyl groups excluding tert-OH is 1. The van der Waals surface area contributed by atoms with Gasteiger partial charge in [-0.2, -0.15) is 0 Å². The first-order chi connectivity index (χ1) is 17.6. The van der Waals surface area contributed by atoms with Crippen molar-refractivity contribution in [2.45, 2.75) is 26.1 Å². The molecule has 0 saturated heterocycles. The molecule has 0 fully saturated rings. The molecule has 0 bridgehead atoms. The molecule has 0 aliphatic rings. The van der Waals surface area contributed by atoms with Gasteiger partial charge in [-0.05, 0) is 46.9 Å². The van der Waals surface area contributed by atoms with Crippen molar-refractivity contribution in [1.82, 2.24) is 9.38 Å². The van der Waals surface area contributed by atoms with E-state index in [1.807, 2.05) is 47.0 Å². The van der Waals surface area contributed by atoms with Gasteiger partial charge in [-0.15, -0.1) is 12.4 Å². The van der Waals surface area contributed by atoms with E-state index in [1.165, 1.54) is 16.7 Å². The lowest BCUT2D eigenvalue weighted by Crippen LogP contribution is -2.17. The lowest BCUT2D eigenvalue weighted by molar-refractivity contribution is 0.266. The van der Waals surface area contributed by atoms with Crippen LogP contribution >= 0.6 is 12.4 Å². The van der Waals surface area contributed by atoms with E-state index < -0.39 is 6.04 Å². The third kappa shape index (κ3) is 5.78. The smallest absolute Gasteiger partial charge is 0.139 e. The Morgan fingerprint density at radius 2 is 1.68 bits per heavy atom. The Labute approximate surface area is 223 Å². The summed E-state index contributed by atoms with van der Waals surface area (Å²) in [5.41, 5.74) is 13.4. The van der Waals surface area contributed by atoms with E-state index in [2.05, 4.69) is 71.8 Å². The Balaban J connectivity index is 0.00000320. The van der Waals surface area contributed by atoms with Crippen molar-refractivity contribution in [2.24, 2.45) is 5.73 Å². The molecule has 0 aliphatic carbocycles. The van der Waals surface area contributed by atoms with Crippen molar-refractivity contribution < 1.29 is 9.84 Å². The zero-order chi connectivity index (χ0) is 24.9. The number of aliphatic hydroxyl groups is 1. The Kier molecular flexibility index (Phi) is 8.46. The highest BCUT2D eigenvalue weighted by Gasteiger charge is 2.18. The Morgan fingerprint density at radius 3 is 2.41 bits per heavy atom. The van der Waals surface area contributed by atoms with Crippen LogP contribution in [0.15, 0.2) is 97.2 Å². The number of benzene rings is 3. The van der Waals surface area contributed by atoms with Gasteiger partial charge in [0.1, 0.15) is 29.5 Å². The summed E-state index contributed by atoms with van der Waals surface area (Å²) in [6.07, 6.45) is 1.92. The van der Waals surface area contributed by atoms with E-state index in [4.69, 9.17) is 10.5 Å². The van der Waals surface area contributed by atoms with Gasteiger partial charge in [0.2, 0.25) is 0 Å². The van der Waals surface area contributed by atoms with Crippen molar-refractivity contribution in [3.8, 4) is 16.9 Å². The molecule has 7 heteroatoms. The number of rotatable bonds is 9. The number of hydrogen-bond donors (Lipinski definition) is 3. The van der Waals surface area contributed by atoms with Gasteiger partial charge in [-0.25, -0.2) is 4.98 Å². The number of hydrogen-bond acceptors (Lipinski definition) is 5. The van der Waals surface area contributed by atoms with Gasteiger partial charge in [0, 0.05) is 6.54 Å². The Morgan fingerprint density at radius 1 is 0.946 bits per heavy atom. The van der Waals surface area contributed by atoms with Gasteiger partial charge in [0.05, 0.1) is 18.8 Å². The highest BCUT2D eigenvalue weighted by Crippen LogP contribution is 2.28. The van der Waals surface area contributed by atoms with Gasteiger partial charge < -0.3 is 20.9 Å². The van der Waals surface area contributed by atoms with E-state index in [1.54, 1.807) is 0 Å². The molecule has 0 saturated carbocycles. The first-order valence-electron chi connectivity index (χ1n) is 12.1. The van der Waals surface area contributed by atoms with Crippen LogP contribution < -0.4 is 15.8 Å². The molecule has 6 nitrogen and oxygen atoms in total. The molecular formula is C30H31ClN4O2. The predicted octanol–water partition coefficient (Wildman–Crippen LogP) is 5.91. The number of fused-ring (bicyclic) bond motifs is 1. The molecule has 0 spiro atoms. The number of imidazole rings is 1. The van der Waals surface area contributed by atoms with Crippen LogP contribution in [0, 0.1) is 6.92 Å². The Bertz CT molecular complexity index is 1460. The van der Waals surface area contributed by atoms with Crippen molar-refractivity contribution >= 4 is 23.9 Å². The Hall–Kier alpha value is -3.84. The summed E-state index contributed by atoms with van der Waals surface area (Å²) in [7, 11) is 0. The molecule has 2 heterocycles. The lowest BCUT2D eigenvalue weighted by Gasteiger charge is -2.14. The molecule has 0 unspecified atom stereocenters. The average molecular weight is 515 g/mol. The second kappa shape index (κ2) is 11.9. The number of nitrogens with one attached hydrogen (secondary N) is 1. The van der Waals surface area contributed by atoms with Crippen LogP contribution in [0.4, 0.5) is 5.82 Å². The van der Waals surface area contributed by atoms with Crippen molar-refractivity contribution in [3.63, 3.8) is 0 Å². The fraction of sp³-hybridized carbons (Fsp3) is 0.167. The number of nitrogens with zero attached hydrogens (tertiary/aromatic N) is 2. The fourth-order valence-electron chi connectivity index (χ4n) is 4.36. The van der Waals surface area contributed by atoms with Gasteiger partial charge in [0.15, 0.2) is 0 Å². The molecule has 3 aromatic carbocycles. The molecule has 37 heavy (non-hydrogen) atoms. The topological polar surface area (TPSA) is 84.8 Å². The number of aromatic nitrogens is 2. The minimum absolute atomic E-state index is 0. The molecule has 0 amide bonds. The quantitative estimate of drug-likeness (QED) is 0.227. The van der Waals surface area contributed by atoms with Gasteiger partial charge in [-0.1, -0.05) is 78.9 Å². The molecule has 190 valence electrons. The summed E-state index contributed by atoms with van der Waals surface area (Å²) in [4.78, 5) is 4.67. The van der Waals surface area contributed by atoms with Crippen molar-refractivity contribution in [1.29, 1.82) is 0 Å². The molecular weight excluding hydrogens is 484 g/mol. The summed E-state index contributed by atoms with van der Waals surface area (Å²) < 4.78 is 8.17. The first kappa shape index (κ1) is 26.2. The van der Waals surface area contributed by atoms with E-state index in [-0.39, 0.29) is 19.0 Å². The standard InChI is InChI=1S/C30H30N4O2.ClH/c1-21-24(13-8-14-26(21)23-11-6-3-7-12-23)20-36-25-15-16-28-33-29(27(31)19-35)30(34(28)18-25)32-17-22-9-4-2-5-10-22;/h2-16,18,27,32,35H,17,19-20,31H2,1H3;1H/t27-;/m0./s1. The second-order valence-electron chi connectivity index (χ2n) is 8.81. The van der Waals surface area contributed by atoms with Crippen molar-refractivity contribution in [2.75, 3.05) is 11.9 Å². The number of ether oxygens (including phenoxy) is 1. The zero-order valence-electron chi connectivity index (χ0n) is 20.7. The minimum atomic E-state index is -0.587. The van der Waals surface area contributed by atoms with Crippen LogP contribution in [-0.4, -0.2) is 21.1 Å². The monoisotopic (exact) mass is 514 g/mol. The van der Waals surface area contributed by atoms with Crippen LogP contribution in [0.2, 0.25) is 0 Å². The van der Waals surface area contributed by atoms with E-state index in [0.717, 1.165) is 28.3 Å². The van der Waals surface area contributed by atoms with Gasteiger partial charge >= 0.3 is 0 Å². The molecule has 5 aromatic rings. The molecule has 1 atom stereocenters. The molecule has 5 rings (SSSR count). The van der Waals surface area contributed by atoms with E-state index >= 15 is 0 Å². The maximum Gasteiger partial charge on any atom is 0.139 e. The van der Waals surface area contributed by atoms with E-state index in [0.29, 0.717) is 18.8 Å². The van der Waals surface area contributed by atoms with Crippen LogP contribution in [0.1, 0.15) is 28.4 Å². The number of nitrogens with two attached hydrogens (primary N) is 1. The maximum absolute atomic E-state index is 9.69. The predicted molar refractivity (Wildman–Crippen MR) is 151 cm³/mol. The second-order valence-corrected chi connectivity index (χ2v) is 8.81. The normalized spacial score (nSPS) is 11.6. The highest BCUT2D eigenvalue weighted by atomic mass is 35.5. The summed E-state index contributed by atoms with van der Waals surface area (Å²) in [5, 5.41) is 13.1. The highest BCUT2D eigenvalue weighted by molar-refractivity contribution is 5.85. The zero-order valence-corrected chi connectivity index (χ0v) is 21.5. The van der Waals surface area contributed by atoms with Gasteiger partial charge in [0.25, 0.3) is 0 Å². The SMILES string of the molecule is Cc1c(COc2ccc3nc([C@@H](N)CO)c(NCc4ccccc4)n3c2)cccc1-c1ccccc1.Cl.